The number of carbonyl (C=O) groups is 1. The van der Waals surface area contributed by atoms with Crippen molar-refractivity contribution in [2.24, 2.45) is 0 Å². The molecule has 0 saturated carbocycles. The summed E-state index contributed by atoms with van der Waals surface area (Å²) in [5.74, 6) is -0.135. The second kappa shape index (κ2) is 5.73. The van der Waals surface area contributed by atoms with E-state index in [1.165, 1.54) is 0 Å². The first kappa shape index (κ1) is 12.0. The van der Waals surface area contributed by atoms with Crippen LogP contribution in [-0.4, -0.2) is 23.7 Å². The minimum atomic E-state index is -0.222. The molecule has 0 aromatic heterocycles. The quantitative estimate of drug-likeness (QED) is 0.817. The van der Waals surface area contributed by atoms with E-state index in [4.69, 9.17) is 16.7 Å². The molecule has 82 valence electrons. The fraction of sp³-hybridized carbons (Fsp3) is 0.364. The Morgan fingerprint density at radius 2 is 2.20 bits per heavy atom. The number of carbonyl (C=O) groups excluding carboxylic acids is 1. The van der Waals surface area contributed by atoms with E-state index >= 15 is 0 Å². The van der Waals surface area contributed by atoms with Crippen LogP contribution >= 0.6 is 11.6 Å². The van der Waals surface area contributed by atoms with Crippen molar-refractivity contribution in [3.05, 3.63) is 34.9 Å². The van der Waals surface area contributed by atoms with E-state index in [0.717, 1.165) is 5.56 Å². The normalized spacial score (nSPS) is 12.2. The molecule has 0 aliphatic rings. The maximum absolute atomic E-state index is 11.5. The Morgan fingerprint density at radius 1 is 1.53 bits per heavy atom. The Kier molecular flexibility index (Phi) is 4.59. The van der Waals surface area contributed by atoms with Crippen molar-refractivity contribution in [3.63, 3.8) is 0 Å². The Hall–Kier alpha value is -1.06. The Labute approximate surface area is 94.1 Å². The molecule has 0 bridgehead atoms. The van der Waals surface area contributed by atoms with Crippen LogP contribution in [0.2, 0.25) is 5.02 Å². The number of halogens is 1. The third-order valence-corrected chi connectivity index (χ3v) is 2.36. The van der Waals surface area contributed by atoms with E-state index in [1.54, 1.807) is 13.0 Å². The van der Waals surface area contributed by atoms with E-state index in [9.17, 15) is 4.79 Å². The number of hydrogen-bond donors (Lipinski definition) is 2. The number of nitrogens with one attached hydrogen (secondary N) is 1. The fourth-order valence-corrected chi connectivity index (χ4v) is 1.39. The molecular formula is C11H14ClNO2. The highest BCUT2D eigenvalue weighted by atomic mass is 35.5. The maximum Gasteiger partial charge on any atom is 0.224 e. The van der Waals surface area contributed by atoms with Crippen LogP contribution in [0.15, 0.2) is 24.3 Å². The van der Waals surface area contributed by atoms with Crippen LogP contribution in [-0.2, 0) is 11.2 Å². The molecule has 1 amide bonds. The van der Waals surface area contributed by atoms with E-state index < -0.39 is 0 Å². The van der Waals surface area contributed by atoms with E-state index in [0.29, 0.717) is 5.02 Å². The number of benzene rings is 1. The van der Waals surface area contributed by atoms with Gasteiger partial charge in [0.25, 0.3) is 0 Å². The molecule has 4 heteroatoms. The molecule has 0 heterocycles. The summed E-state index contributed by atoms with van der Waals surface area (Å²) < 4.78 is 0. The zero-order chi connectivity index (χ0) is 11.3. The molecule has 0 unspecified atom stereocenters. The molecule has 1 atom stereocenters. The van der Waals surface area contributed by atoms with Crippen molar-refractivity contribution in [2.75, 3.05) is 6.61 Å². The van der Waals surface area contributed by atoms with Crippen LogP contribution in [0.3, 0.4) is 0 Å². The number of amides is 1. The van der Waals surface area contributed by atoms with Gasteiger partial charge < -0.3 is 10.4 Å². The van der Waals surface area contributed by atoms with Crippen LogP contribution in [0.25, 0.3) is 0 Å². The number of hydrogen-bond acceptors (Lipinski definition) is 2. The summed E-state index contributed by atoms with van der Waals surface area (Å²) in [7, 11) is 0. The summed E-state index contributed by atoms with van der Waals surface area (Å²) in [5, 5.41) is 12.0. The third-order valence-electron chi connectivity index (χ3n) is 1.99. The van der Waals surface area contributed by atoms with Crippen molar-refractivity contribution in [3.8, 4) is 0 Å². The van der Waals surface area contributed by atoms with E-state index in [1.807, 2.05) is 18.2 Å². The summed E-state index contributed by atoms with van der Waals surface area (Å²) in [4.78, 5) is 11.5. The molecule has 0 radical (unpaired) electrons. The molecule has 2 N–H and O–H groups in total. The predicted octanol–water partition coefficient (Wildman–Crippen LogP) is 1.38. The first-order valence-corrected chi connectivity index (χ1v) is 5.15. The van der Waals surface area contributed by atoms with Crippen molar-refractivity contribution in [1.82, 2.24) is 5.32 Å². The minimum Gasteiger partial charge on any atom is -0.394 e. The zero-order valence-electron chi connectivity index (χ0n) is 8.53. The highest BCUT2D eigenvalue weighted by Gasteiger charge is 2.08. The van der Waals surface area contributed by atoms with Crippen molar-refractivity contribution in [2.45, 2.75) is 19.4 Å². The first-order chi connectivity index (χ1) is 7.13. The monoisotopic (exact) mass is 227 g/mol. The van der Waals surface area contributed by atoms with Crippen LogP contribution in [0.1, 0.15) is 12.5 Å². The average Bonchev–Trinajstić information content (AvgIpc) is 2.21. The summed E-state index contributed by atoms with van der Waals surface area (Å²) >= 11 is 5.91. The topological polar surface area (TPSA) is 49.3 Å². The van der Waals surface area contributed by atoms with Gasteiger partial charge in [0.2, 0.25) is 5.91 Å². The Morgan fingerprint density at radius 3 is 2.80 bits per heavy atom. The van der Waals surface area contributed by atoms with Gasteiger partial charge in [-0.1, -0.05) is 29.8 Å². The molecule has 1 rings (SSSR count). The van der Waals surface area contributed by atoms with Gasteiger partial charge in [0.05, 0.1) is 13.0 Å². The Balaban J connectivity index is 2.55. The van der Waals surface area contributed by atoms with E-state index in [2.05, 4.69) is 5.32 Å². The minimum absolute atomic E-state index is 0.0612. The number of aliphatic hydroxyl groups is 1. The summed E-state index contributed by atoms with van der Waals surface area (Å²) in [6.45, 7) is 1.68. The van der Waals surface area contributed by atoms with Gasteiger partial charge in [0.1, 0.15) is 0 Å². The van der Waals surface area contributed by atoms with Crippen molar-refractivity contribution < 1.29 is 9.90 Å². The first-order valence-electron chi connectivity index (χ1n) is 4.77. The van der Waals surface area contributed by atoms with E-state index in [-0.39, 0.29) is 25.0 Å². The van der Waals surface area contributed by atoms with Gasteiger partial charge in [-0.2, -0.15) is 0 Å². The highest BCUT2D eigenvalue weighted by Crippen LogP contribution is 2.15. The van der Waals surface area contributed by atoms with Gasteiger partial charge in [0.15, 0.2) is 0 Å². The average molecular weight is 228 g/mol. The van der Waals surface area contributed by atoms with Gasteiger partial charge in [-0.3, -0.25) is 4.79 Å². The predicted molar refractivity (Wildman–Crippen MR) is 59.8 cm³/mol. The van der Waals surface area contributed by atoms with Gasteiger partial charge >= 0.3 is 0 Å². The lowest BCUT2D eigenvalue weighted by molar-refractivity contribution is -0.121. The third kappa shape index (κ3) is 3.90. The Bertz CT molecular complexity index is 341. The highest BCUT2D eigenvalue weighted by molar-refractivity contribution is 6.31. The second-order valence-corrected chi connectivity index (χ2v) is 3.83. The molecule has 1 aromatic rings. The molecule has 0 aliphatic carbocycles. The molecule has 0 saturated heterocycles. The zero-order valence-corrected chi connectivity index (χ0v) is 9.29. The SMILES string of the molecule is C[C@H](CO)NC(=O)Cc1ccccc1Cl. The smallest absolute Gasteiger partial charge is 0.224 e. The lowest BCUT2D eigenvalue weighted by Gasteiger charge is -2.11. The molecule has 15 heavy (non-hydrogen) atoms. The van der Waals surface area contributed by atoms with Crippen LogP contribution in [0.5, 0.6) is 0 Å². The molecule has 0 fully saturated rings. The van der Waals surface area contributed by atoms with Crippen LogP contribution in [0.4, 0.5) is 0 Å². The molecular weight excluding hydrogens is 214 g/mol. The summed E-state index contributed by atoms with van der Waals surface area (Å²) in [6, 6.07) is 7.00. The van der Waals surface area contributed by atoms with Gasteiger partial charge in [-0.05, 0) is 18.6 Å². The van der Waals surface area contributed by atoms with Crippen LogP contribution in [0, 0.1) is 0 Å². The van der Waals surface area contributed by atoms with Crippen molar-refractivity contribution >= 4 is 17.5 Å². The molecule has 3 nitrogen and oxygen atoms in total. The van der Waals surface area contributed by atoms with Gasteiger partial charge in [-0.15, -0.1) is 0 Å². The number of aliphatic hydroxyl groups excluding tert-OH is 1. The number of rotatable bonds is 4. The lowest BCUT2D eigenvalue weighted by atomic mass is 10.1. The standard InChI is InChI=1S/C11H14ClNO2/c1-8(7-14)13-11(15)6-9-4-2-3-5-10(9)12/h2-5,8,14H,6-7H2,1H3,(H,13,15)/t8-/m1/s1. The summed E-state index contributed by atoms with van der Waals surface area (Å²) in [5.41, 5.74) is 0.793. The largest absolute Gasteiger partial charge is 0.394 e. The maximum atomic E-state index is 11.5. The molecule has 0 aliphatic heterocycles. The summed E-state index contributed by atoms with van der Waals surface area (Å²) in [6.07, 6.45) is 0.240. The van der Waals surface area contributed by atoms with Crippen LogP contribution < -0.4 is 5.32 Å². The molecule has 1 aromatic carbocycles. The van der Waals surface area contributed by atoms with Crippen molar-refractivity contribution in [1.29, 1.82) is 0 Å². The van der Waals surface area contributed by atoms with Gasteiger partial charge in [-0.25, -0.2) is 0 Å². The lowest BCUT2D eigenvalue weighted by Crippen LogP contribution is -2.36. The second-order valence-electron chi connectivity index (χ2n) is 3.42. The van der Waals surface area contributed by atoms with Gasteiger partial charge in [0, 0.05) is 11.1 Å². The molecule has 0 spiro atoms. The fourth-order valence-electron chi connectivity index (χ4n) is 1.19.